The Morgan fingerprint density at radius 3 is 2.60 bits per heavy atom. The Hall–Kier alpha value is -0.0551. The summed E-state index contributed by atoms with van der Waals surface area (Å²) in [5, 5.41) is 15.5. The molecule has 0 amide bonds. The van der Waals surface area contributed by atoms with Gasteiger partial charge in [0.2, 0.25) is 0 Å². The molecule has 30 valence electrons. The smallest absolute Gasteiger partial charge is 0.402 e. The Kier molecular flexibility index (Phi) is 1.38. The van der Waals surface area contributed by atoms with Crippen molar-refractivity contribution in [3.63, 3.8) is 0 Å². The third kappa shape index (κ3) is 3.94. The molecule has 0 spiro atoms. The topological polar surface area (TPSA) is 49.7 Å². The zero-order valence-electron chi connectivity index (χ0n) is 3.59. The molecule has 0 fully saturated rings. The van der Waals surface area contributed by atoms with E-state index in [1.54, 1.807) is 0 Å². The molecule has 0 aromatic carbocycles. The largest absolute Gasteiger partial charge is 0.633 e. The predicted octanol–water partition coefficient (Wildman–Crippen LogP) is -1.40. The fraction of sp³-hybridized carbons (Fsp3) is 1.00. The summed E-state index contributed by atoms with van der Waals surface area (Å²) in [7, 11) is -2.21. The van der Waals surface area contributed by atoms with E-state index in [4.69, 9.17) is 11.4 Å². The summed E-state index contributed by atoms with van der Waals surface area (Å²) in [5.41, 5.74) is 0. The van der Waals surface area contributed by atoms with Gasteiger partial charge in [-0.1, -0.05) is 0 Å². The van der Waals surface area contributed by atoms with Crippen LogP contribution in [-0.2, 0) is 4.65 Å². The molecule has 3 nitrogen and oxygen atoms in total. The third-order valence-corrected chi connectivity index (χ3v) is 0.149. The SMILES string of the molecule is [2H]COB(O)O. The van der Waals surface area contributed by atoms with Crippen LogP contribution in [0.2, 0.25) is 0 Å². The van der Waals surface area contributed by atoms with Crippen molar-refractivity contribution in [2.75, 3.05) is 7.09 Å². The molecule has 2 N–H and O–H groups in total. The van der Waals surface area contributed by atoms with Crippen molar-refractivity contribution in [1.29, 1.82) is 0 Å². The van der Waals surface area contributed by atoms with Gasteiger partial charge in [-0.05, 0) is 0 Å². The Morgan fingerprint density at radius 2 is 2.60 bits per heavy atom. The molecule has 0 saturated heterocycles. The molecule has 0 rings (SSSR count). The first kappa shape index (κ1) is 3.15. The Balaban J connectivity index is 2.63. The molecule has 0 aliphatic heterocycles. The van der Waals surface area contributed by atoms with Crippen LogP contribution < -0.4 is 0 Å². The Bertz CT molecular complexity index is 32.0. The van der Waals surface area contributed by atoms with Crippen LogP contribution >= 0.6 is 0 Å². The Morgan fingerprint density at radius 1 is 2.00 bits per heavy atom. The van der Waals surface area contributed by atoms with Crippen molar-refractivity contribution in [2.24, 2.45) is 0 Å². The summed E-state index contributed by atoms with van der Waals surface area (Å²) in [6.45, 7) is 0. The minimum Gasteiger partial charge on any atom is -0.402 e. The van der Waals surface area contributed by atoms with E-state index < -0.39 is 14.4 Å². The highest BCUT2D eigenvalue weighted by molar-refractivity contribution is 6.32. The lowest BCUT2D eigenvalue weighted by molar-refractivity contribution is 0.229. The predicted molar refractivity (Wildman–Crippen MR) is 17.2 cm³/mol. The second kappa shape index (κ2) is 2.20. The first-order chi connectivity index (χ1) is 2.77. The minimum atomic E-state index is -1.79. The van der Waals surface area contributed by atoms with E-state index in [1.807, 2.05) is 0 Å². The highest BCUT2D eigenvalue weighted by Crippen LogP contribution is 1.59. The van der Waals surface area contributed by atoms with E-state index in [0.29, 0.717) is 0 Å². The van der Waals surface area contributed by atoms with Gasteiger partial charge in [-0.2, -0.15) is 0 Å². The van der Waals surface area contributed by atoms with Gasteiger partial charge in [0.15, 0.2) is 0 Å². The van der Waals surface area contributed by atoms with Gasteiger partial charge >= 0.3 is 7.32 Å². The second-order valence-electron chi connectivity index (χ2n) is 0.493. The molecule has 5 heavy (non-hydrogen) atoms. The lowest BCUT2D eigenvalue weighted by atomic mass is 10.3. The number of hydrogen-bond donors (Lipinski definition) is 2. The monoisotopic (exact) mass is 77.0 g/mol. The van der Waals surface area contributed by atoms with Gasteiger partial charge in [0, 0.05) is 7.09 Å². The first-order valence-corrected chi connectivity index (χ1v) is 1.04. The minimum absolute atomic E-state index is 0.419. The van der Waals surface area contributed by atoms with Gasteiger partial charge in [0.1, 0.15) is 0 Å². The van der Waals surface area contributed by atoms with Crippen LogP contribution in [0.4, 0.5) is 0 Å². The van der Waals surface area contributed by atoms with E-state index in [-0.39, 0.29) is 0 Å². The number of rotatable bonds is 1. The van der Waals surface area contributed by atoms with E-state index in [0.717, 1.165) is 0 Å². The van der Waals surface area contributed by atoms with Crippen molar-refractivity contribution < 1.29 is 16.1 Å². The van der Waals surface area contributed by atoms with E-state index in [1.165, 1.54) is 0 Å². The van der Waals surface area contributed by atoms with Crippen LogP contribution in [0.15, 0.2) is 0 Å². The molecule has 0 atom stereocenters. The quantitative estimate of drug-likeness (QED) is 0.378. The highest BCUT2D eigenvalue weighted by atomic mass is 16.6. The number of hydrogen-bond acceptors (Lipinski definition) is 3. The average molecular weight is 76.9 g/mol. The summed E-state index contributed by atoms with van der Waals surface area (Å²) >= 11 is 0. The summed E-state index contributed by atoms with van der Waals surface area (Å²) in [6.07, 6.45) is 0. The fourth-order valence-electron chi connectivity index (χ4n) is 0. The molecular weight excluding hydrogens is 70.8 g/mol. The highest BCUT2D eigenvalue weighted by Gasteiger charge is 2.00. The van der Waals surface area contributed by atoms with Crippen molar-refractivity contribution >= 4 is 7.32 Å². The molecular formula is CH5BO3. The maximum Gasteiger partial charge on any atom is 0.633 e. The zero-order valence-corrected chi connectivity index (χ0v) is 2.59. The van der Waals surface area contributed by atoms with Crippen molar-refractivity contribution in [3.05, 3.63) is 0 Å². The van der Waals surface area contributed by atoms with Crippen LogP contribution in [0.1, 0.15) is 1.37 Å². The normalized spacial score (nSPS) is 10.4. The van der Waals surface area contributed by atoms with Crippen molar-refractivity contribution in [2.45, 2.75) is 0 Å². The maximum absolute atomic E-state index is 7.77. The summed E-state index contributed by atoms with van der Waals surface area (Å²) in [6, 6.07) is 0. The molecule has 4 heteroatoms. The van der Waals surface area contributed by atoms with Crippen molar-refractivity contribution in [1.82, 2.24) is 0 Å². The molecule has 0 radical (unpaired) electrons. The van der Waals surface area contributed by atoms with Crippen LogP contribution in [0.25, 0.3) is 0 Å². The maximum atomic E-state index is 7.77. The summed E-state index contributed by atoms with van der Waals surface area (Å²) in [5.74, 6) is 0. The second-order valence-corrected chi connectivity index (χ2v) is 0.493. The summed E-state index contributed by atoms with van der Waals surface area (Å²) in [4.78, 5) is 0. The van der Waals surface area contributed by atoms with Crippen LogP contribution in [0.5, 0.6) is 0 Å². The molecule has 0 aromatic heterocycles. The van der Waals surface area contributed by atoms with Gasteiger partial charge in [-0.25, -0.2) is 0 Å². The molecule has 0 bridgehead atoms. The summed E-state index contributed by atoms with van der Waals surface area (Å²) < 4.78 is 10.0. The van der Waals surface area contributed by atoms with Gasteiger partial charge in [0.25, 0.3) is 0 Å². The van der Waals surface area contributed by atoms with E-state index in [2.05, 4.69) is 4.65 Å². The third-order valence-electron chi connectivity index (χ3n) is 0.149. The van der Waals surface area contributed by atoms with Gasteiger partial charge in [-0.3, -0.25) is 0 Å². The van der Waals surface area contributed by atoms with Crippen molar-refractivity contribution in [3.8, 4) is 0 Å². The van der Waals surface area contributed by atoms with E-state index in [9.17, 15) is 0 Å². The van der Waals surface area contributed by atoms with Crippen LogP contribution in [0, 0.1) is 0 Å². The Labute approximate surface area is 31.8 Å². The van der Waals surface area contributed by atoms with Gasteiger partial charge in [0.05, 0.1) is 1.37 Å². The van der Waals surface area contributed by atoms with Crippen LogP contribution in [0.3, 0.4) is 0 Å². The fourth-order valence-corrected chi connectivity index (χ4v) is 0. The average Bonchev–Trinajstić information content (AvgIpc) is 1.35. The molecule has 0 aromatic rings. The van der Waals surface area contributed by atoms with Gasteiger partial charge < -0.3 is 14.7 Å². The van der Waals surface area contributed by atoms with Gasteiger partial charge in [-0.15, -0.1) is 0 Å². The first-order valence-electron chi connectivity index (χ1n) is 1.75. The molecule has 0 aliphatic carbocycles. The lowest BCUT2D eigenvalue weighted by Gasteiger charge is -1.84. The molecule has 0 heterocycles. The standard InChI is InChI=1S/CH5BO3/c1-5-2(3)4/h3-4H,1H3/i1D. The zero-order chi connectivity index (χ0) is 4.99. The molecule has 0 aliphatic rings. The van der Waals surface area contributed by atoms with E-state index >= 15 is 0 Å². The lowest BCUT2D eigenvalue weighted by Crippen LogP contribution is -2.12. The molecule has 0 saturated carbocycles. The molecule has 0 unspecified atom stereocenters. The van der Waals surface area contributed by atoms with Crippen LogP contribution in [-0.4, -0.2) is 24.5 Å².